The molecule has 0 saturated carbocycles. The number of nitrogens with two attached hydrogens (primary N) is 1. The van der Waals surface area contributed by atoms with Crippen molar-refractivity contribution in [3.05, 3.63) is 29.8 Å². The first kappa shape index (κ1) is 18.6. The van der Waals surface area contributed by atoms with Gasteiger partial charge in [-0.05, 0) is 31.2 Å². The van der Waals surface area contributed by atoms with Crippen LogP contribution >= 0.6 is 12.4 Å². The Hall–Kier alpha value is -1.47. The van der Waals surface area contributed by atoms with Gasteiger partial charge in [0.2, 0.25) is 5.91 Å². The molecule has 22 heavy (non-hydrogen) atoms. The number of alkyl halides is 3. The lowest BCUT2D eigenvalue weighted by atomic mass is 10.1. The van der Waals surface area contributed by atoms with Gasteiger partial charge in [0.15, 0.2) is 0 Å². The number of nitrogens with zero attached hydrogens (tertiary/aromatic N) is 2. The van der Waals surface area contributed by atoms with Crippen LogP contribution in [0.1, 0.15) is 12.5 Å². The van der Waals surface area contributed by atoms with Gasteiger partial charge in [-0.3, -0.25) is 4.79 Å². The van der Waals surface area contributed by atoms with E-state index in [1.165, 1.54) is 12.1 Å². The first-order valence-corrected chi connectivity index (χ1v) is 6.75. The zero-order valence-corrected chi connectivity index (χ0v) is 13.0. The van der Waals surface area contributed by atoms with E-state index in [4.69, 9.17) is 5.73 Å². The van der Waals surface area contributed by atoms with Gasteiger partial charge in [0.05, 0.1) is 11.6 Å². The molecule has 1 fully saturated rings. The predicted octanol–water partition coefficient (Wildman–Crippen LogP) is 2.12. The summed E-state index contributed by atoms with van der Waals surface area (Å²) in [5.41, 5.74) is 5.64. The van der Waals surface area contributed by atoms with Gasteiger partial charge in [-0.25, -0.2) is 0 Å². The van der Waals surface area contributed by atoms with Crippen molar-refractivity contribution < 1.29 is 18.0 Å². The summed E-state index contributed by atoms with van der Waals surface area (Å²) in [6, 6.07) is 4.56. The Kier molecular flexibility index (Phi) is 6.08. The summed E-state index contributed by atoms with van der Waals surface area (Å²) in [4.78, 5) is 15.4. The maximum atomic E-state index is 12.5. The lowest BCUT2D eigenvalue weighted by molar-refractivity contribution is -0.137. The van der Waals surface area contributed by atoms with Crippen LogP contribution < -0.4 is 10.6 Å². The van der Waals surface area contributed by atoms with E-state index in [9.17, 15) is 18.0 Å². The molecule has 1 atom stereocenters. The molecular weight excluding hydrogens is 319 g/mol. The van der Waals surface area contributed by atoms with E-state index < -0.39 is 17.8 Å². The summed E-state index contributed by atoms with van der Waals surface area (Å²) in [6.07, 6.45) is -4.32. The maximum absolute atomic E-state index is 12.5. The van der Waals surface area contributed by atoms with E-state index in [0.29, 0.717) is 26.2 Å². The standard InChI is InChI=1S/C14H18F3N3O.ClH/c1-10(18)13(21)20-8-6-19(7-9-20)12-4-2-11(3-5-12)14(15,16)17;/h2-5,10H,6-9,18H2,1H3;1H/t10-;/m1./s1. The van der Waals surface area contributed by atoms with Crippen LogP contribution in [0, 0.1) is 0 Å². The molecule has 8 heteroatoms. The van der Waals surface area contributed by atoms with Gasteiger partial charge in [-0.15, -0.1) is 12.4 Å². The van der Waals surface area contributed by atoms with Crippen LogP contribution in [0.25, 0.3) is 0 Å². The molecule has 1 aromatic rings. The van der Waals surface area contributed by atoms with Gasteiger partial charge >= 0.3 is 6.18 Å². The number of anilines is 1. The summed E-state index contributed by atoms with van der Waals surface area (Å²) < 4.78 is 37.5. The fourth-order valence-electron chi connectivity index (χ4n) is 2.33. The molecule has 0 unspecified atom stereocenters. The van der Waals surface area contributed by atoms with Crippen molar-refractivity contribution in [3.8, 4) is 0 Å². The van der Waals surface area contributed by atoms with Crippen molar-refractivity contribution in [1.82, 2.24) is 4.90 Å². The van der Waals surface area contributed by atoms with Gasteiger partial charge in [-0.1, -0.05) is 0 Å². The van der Waals surface area contributed by atoms with E-state index in [1.54, 1.807) is 11.8 Å². The molecule has 2 rings (SSSR count). The molecule has 1 aliphatic heterocycles. The molecule has 4 nitrogen and oxygen atoms in total. The van der Waals surface area contributed by atoms with E-state index >= 15 is 0 Å². The van der Waals surface area contributed by atoms with Crippen LogP contribution in [0.5, 0.6) is 0 Å². The Labute approximate surface area is 133 Å². The summed E-state index contributed by atoms with van der Waals surface area (Å²) >= 11 is 0. The summed E-state index contributed by atoms with van der Waals surface area (Å²) in [5, 5.41) is 0. The number of rotatable bonds is 2. The van der Waals surface area contributed by atoms with Crippen molar-refractivity contribution in [2.75, 3.05) is 31.1 Å². The average molecular weight is 338 g/mol. The molecule has 1 heterocycles. The van der Waals surface area contributed by atoms with Crippen molar-refractivity contribution >= 4 is 24.0 Å². The van der Waals surface area contributed by atoms with Crippen molar-refractivity contribution in [1.29, 1.82) is 0 Å². The third-order valence-corrected chi connectivity index (χ3v) is 3.54. The molecule has 1 saturated heterocycles. The fraction of sp³-hybridized carbons (Fsp3) is 0.500. The Morgan fingerprint density at radius 3 is 2.05 bits per heavy atom. The van der Waals surface area contributed by atoms with Crippen LogP contribution in [0.2, 0.25) is 0 Å². The first-order chi connectivity index (χ1) is 9.79. The van der Waals surface area contributed by atoms with Crippen molar-refractivity contribution in [3.63, 3.8) is 0 Å². The Balaban J connectivity index is 0.00000242. The Morgan fingerprint density at radius 2 is 1.64 bits per heavy atom. The number of hydrogen-bond acceptors (Lipinski definition) is 3. The monoisotopic (exact) mass is 337 g/mol. The molecule has 1 aliphatic rings. The second-order valence-electron chi connectivity index (χ2n) is 5.15. The fourth-order valence-corrected chi connectivity index (χ4v) is 2.33. The second kappa shape index (κ2) is 7.19. The Morgan fingerprint density at radius 1 is 1.14 bits per heavy atom. The van der Waals surface area contributed by atoms with Crippen LogP contribution in [0.4, 0.5) is 18.9 Å². The molecule has 0 bridgehead atoms. The topological polar surface area (TPSA) is 49.6 Å². The lowest BCUT2D eigenvalue weighted by Crippen LogP contribution is -2.52. The van der Waals surface area contributed by atoms with Crippen molar-refractivity contribution in [2.45, 2.75) is 19.1 Å². The molecule has 0 radical (unpaired) electrons. The molecule has 0 aromatic heterocycles. The van der Waals surface area contributed by atoms with Gasteiger partial charge < -0.3 is 15.5 Å². The molecular formula is C14H19ClF3N3O. The van der Waals surface area contributed by atoms with Gasteiger partial charge in [0, 0.05) is 31.9 Å². The van der Waals surface area contributed by atoms with E-state index in [0.717, 1.165) is 17.8 Å². The summed E-state index contributed by atoms with van der Waals surface area (Å²) in [5.74, 6) is -0.0953. The Bertz CT molecular complexity index is 497. The minimum Gasteiger partial charge on any atom is -0.368 e. The van der Waals surface area contributed by atoms with E-state index in [-0.39, 0.29) is 18.3 Å². The normalized spacial score (nSPS) is 17.0. The van der Waals surface area contributed by atoms with Gasteiger partial charge in [0.1, 0.15) is 0 Å². The maximum Gasteiger partial charge on any atom is 0.416 e. The van der Waals surface area contributed by atoms with Crippen LogP contribution in [-0.2, 0) is 11.0 Å². The third-order valence-electron chi connectivity index (χ3n) is 3.54. The number of amides is 1. The highest BCUT2D eigenvalue weighted by molar-refractivity contribution is 5.85. The third kappa shape index (κ3) is 4.27. The number of carbonyl (C=O) groups is 1. The molecule has 1 amide bonds. The van der Waals surface area contributed by atoms with Gasteiger partial charge in [-0.2, -0.15) is 13.2 Å². The number of halogens is 4. The first-order valence-electron chi connectivity index (χ1n) is 6.75. The number of piperazine rings is 1. The molecule has 2 N–H and O–H groups in total. The number of hydrogen-bond donors (Lipinski definition) is 1. The highest BCUT2D eigenvalue weighted by Crippen LogP contribution is 2.30. The molecule has 0 aliphatic carbocycles. The predicted molar refractivity (Wildman–Crippen MR) is 81.1 cm³/mol. The van der Waals surface area contributed by atoms with Crippen LogP contribution in [0.15, 0.2) is 24.3 Å². The van der Waals surface area contributed by atoms with Gasteiger partial charge in [0.25, 0.3) is 0 Å². The van der Waals surface area contributed by atoms with E-state index in [2.05, 4.69) is 0 Å². The van der Waals surface area contributed by atoms with Crippen molar-refractivity contribution in [2.24, 2.45) is 5.73 Å². The minimum absolute atomic E-state index is 0. The minimum atomic E-state index is -4.32. The van der Waals surface area contributed by atoms with Crippen LogP contribution in [-0.4, -0.2) is 43.0 Å². The molecule has 1 aromatic carbocycles. The summed E-state index contributed by atoms with van der Waals surface area (Å²) in [6.45, 7) is 3.88. The highest BCUT2D eigenvalue weighted by atomic mass is 35.5. The zero-order chi connectivity index (χ0) is 15.6. The molecule has 124 valence electrons. The lowest BCUT2D eigenvalue weighted by Gasteiger charge is -2.36. The zero-order valence-electron chi connectivity index (χ0n) is 12.1. The quantitative estimate of drug-likeness (QED) is 0.899. The number of carbonyl (C=O) groups excluding carboxylic acids is 1. The smallest absolute Gasteiger partial charge is 0.368 e. The largest absolute Gasteiger partial charge is 0.416 e. The van der Waals surface area contributed by atoms with E-state index in [1.807, 2.05) is 4.90 Å². The summed E-state index contributed by atoms with van der Waals surface area (Å²) in [7, 11) is 0. The number of benzene rings is 1. The highest BCUT2D eigenvalue weighted by Gasteiger charge is 2.30. The SMILES string of the molecule is C[C@@H](N)C(=O)N1CCN(c2ccc(C(F)(F)F)cc2)CC1.Cl. The second-order valence-corrected chi connectivity index (χ2v) is 5.15. The molecule has 0 spiro atoms. The average Bonchev–Trinajstić information content (AvgIpc) is 2.46. The van der Waals surface area contributed by atoms with Crippen LogP contribution in [0.3, 0.4) is 0 Å².